The molecule has 1 atom stereocenters. The average molecular weight is 249 g/mol. The highest BCUT2D eigenvalue weighted by atomic mass is 35.5. The fourth-order valence-corrected chi connectivity index (χ4v) is 2.19. The molecule has 0 fully saturated rings. The lowest BCUT2D eigenvalue weighted by Crippen LogP contribution is -2.14. The zero-order valence-electron chi connectivity index (χ0n) is 6.45. The van der Waals surface area contributed by atoms with Gasteiger partial charge in [0.15, 0.2) is 5.38 Å². The summed E-state index contributed by atoms with van der Waals surface area (Å²) in [6, 6.07) is 1.36. The van der Waals surface area contributed by atoms with Gasteiger partial charge < -0.3 is 0 Å². The monoisotopic (exact) mass is 248 g/mol. The minimum Gasteiger partial charge on any atom is -0.169 e. The van der Waals surface area contributed by atoms with E-state index in [1.807, 2.05) is 0 Å². The normalized spacial score (nSPS) is 14.6. The van der Waals surface area contributed by atoms with Gasteiger partial charge in [-0.2, -0.15) is 13.2 Å². The number of halogens is 5. The largest absolute Gasteiger partial charge is 0.409 e. The summed E-state index contributed by atoms with van der Waals surface area (Å²) >= 11 is 11.7. The summed E-state index contributed by atoms with van der Waals surface area (Å²) in [4.78, 5) is 0.0386. The van der Waals surface area contributed by atoms with Gasteiger partial charge in [0.05, 0.1) is 4.34 Å². The number of alkyl halides is 4. The topological polar surface area (TPSA) is 0 Å². The van der Waals surface area contributed by atoms with Crippen LogP contribution in [0.25, 0.3) is 0 Å². The standard InChI is InChI=1S/C7H5Cl2F3S/c1-3-2-4(13-6(3)9)5(8)7(10,11)12/h2,5H,1H3. The van der Waals surface area contributed by atoms with Crippen molar-refractivity contribution in [3.8, 4) is 0 Å². The molecule has 0 aliphatic heterocycles. The molecular weight excluding hydrogens is 244 g/mol. The minimum absolute atomic E-state index is 0.0386. The van der Waals surface area contributed by atoms with Gasteiger partial charge in [0.2, 0.25) is 0 Å². The summed E-state index contributed by atoms with van der Waals surface area (Å²) in [5, 5.41) is -1.95. The third kappa shape index (κ3) is 2.51. The molecule has 1 rings (SSSR count). The van der Waals surface area contributed by atoms with Crippen molar-refractivity contribution in [2.24, 2.45) is 0 Å². The van der Waals surface area contributed by atoms with E-state index >= 15 is 0 Å². The molecule has 6 heteroatoms. The molecule has 0 radical (unpaired) electrons. The molecule has 0 N–H and O–H groups in total. The number of thiophene rings is 1. The molecular formula is C7H5Cl2F3S. The Bertz CT molecular complexity index is 286. The Balaban J connectivity index is 2.96. The van der Waals surface area contributed by atoms with Crippen molar-refractivity contribution < 1.29 is 13.2 Å². The summed E-state index contributed by atoms with van der Waals surface area (Å²) < 4.78 is 36.7. The lowest BCUT2D eigenvalue weighted by atomic mass is 10.3. The van der Waals surface area contributed by atoms with Crippen LogP contribution in [0.2, 0.25) is 4.34 Å². The Kier molecular flexibility index (Phi) is 3.15. The van der Waals surface area contributed by atoms with Crippen LogP contribution in [0.15, 0.2) is 6.07 Å². The van der Waals surface area contributed by atoms with Gasteiger partial charge in [0.1, 0.15) is 0 Å². The van der Waals surface area contributed by atoms with Crippen LogP contribution in [0.4, 0.5) is 13.2 Å². The Morgan fingerprint density at radius 3 is 2.31 bits per heavy atom. The van der Waals surface area contributed by atoms with Crippen LogP contribution in [0.1, 0.15) is 15.8 Å². The summed E-state index contributed by atoms with van der Waals surface area (Å²) in [5.41, 5.74) is 0.622. The van der Waals surface area contributed by atoms with Crippen LogP contribution in [-0.2, 0) is 0 Å². The van der Waals surface area contributed by atoms with Crippen LogP contribution in [0.3, 0.4) is 0 Å². The third-order valence-electron chi connectivity index (χ3n) is 1.41. The van der Waals surface area contributed by atoms with E-state index in [9.17, 15) is 13.2 Å². The predicted octanol–water partition coefficient (Wildman–Crippen LogP) is 4.55. The molecule has 0 saturated carbocycles. The highest BCUT2D eigenvalue weighted by molar-refractivity contribution is 7.16. The molecule has 0 amide bonds. The summed E-state index contributed by atoms with van der Waals surface area (Å²) in [7, 11) is 0. The van der Waals surface area contributed by atoms with E-state index in [1.54, 1.807) is 6.92 Å². The molecule has 1 aromatic rings. The van der Waals surface area contributed by atoms with E-state index < -0.39 is 11.6 Å². The van der Waals surface area contributed by atoms with Crippen LogP contribution in [0, 0.1) is 6.92 Å². The second kappa shape index (κ2) is 3.67. The average Bonchev–Trinajstić information content (AvgIpc) is 2.29. The van der Waals surface area contributed by atoms with Crippen molar-refractivity contribution in [2.45, 2.75) is 18.5 Å². The third-order valence-corrected chi connectivity index (χ3v) is 3.65. The Labute approximate surface area is 87.3 Å². The molecule has 74 valence electrons. The van der Waals surface area contributed by atoms with E-state index in [1.165, 1.54) is 6.07 Å². The molecule has 13 heavy (non-hydrogen) atoms. The molecule has 1 heterocycles. The Morgan fingerprint density at radius 1 is 1.46 bits per heavy atom. The second-order valence-electron chi connectivity index (χ2n) is 2.51. The quantitative estimate of drug-likeness (QED) is 0.640. The summed E-state index contributed by atoms with van der Waals surface area (Å²) in [6.45, 7) is 1.64. The van der Waals surface area contributed by atoms with E-state index in [4.69, 9.17) is 23.2 Å². The first-order valence-electron chi connectivity index (χ1n) is 3.29. The van der Waals surface area contributed by atoms with Crippen molar-refractivity contribution in [1.82, 2.24) is 0 Å². The maximum Gasteiger partial charge on any atom is 0.409 e. The first-order valence-corrected chi connectivity index (χ1v) is 4.92. The van der Waals surface area contributed by atoms with E-state index in [2.05, 4.69) is 0 Å². The number of aryl methyl sites for hydroxylation is 1. The maximum atomic E-state index is 12.1. The molecule has 1 unspecified atom stereocenters. The molecule has 0 aliphatic rings. The van der Waals surface area contributed by atoms with Crippen LogP contribution in [0.5, 0.6) is 0 Å². The smallest absolute Gasteiger partial charge is 0.169 e. The molecule has 0 aliphatic carbocycles. The van der Waals surface area contributed by atoms with E-state index in [0.717, 1.165) is 11.3 Å². The van der Waals surface area contributed by atoms with E-state index in [-0.39, 0.29) is 4.88 Å². The minimum atomic E-state index is -4.41. The zero-order valence-corrected chi connectivity index (χ0v) is 8.78. The van der Waals surface area contributed by atoms with Gasteiger partial charge in [-0.05, 0) is 18.6 Å². The fraction of sp³-hybridized carbons (Fsp3) is 0.429. The maximum absolute atomic E-state index is 12.1. The number of rotatable bonds is 1. The van der Waals surface area contributed by atoms with Crippen molar-refractivity contribution >= 4 is 34.5 Å². The summed E-state index contributed by atoms with van der Waals surface area (Å²) in [5.74, 6) is 0. The highest BCUT2D eigenvalue weighted by Crippen LogP contribution is 2.43. The van der Waals surface area contributed by atoms with Crippen molar-refractivity contribution in [2.75, 3.05) is 0 Å². The van der Waals surface area contributed by atoms with Gasteiger partial charge in [-0.3, -0.25) is 0 Å². The molecule has 0 spiro atoms. The Morgan fingerprint density at radius 2 is 2.00 bits per heavy atom. The molecule has 1 aromatic heterocycles. The Hall–Kier alpha value is 0.0700. The highest BCUT2D eigenvalue weighted by Gasteiger charge is 2.40. The van der Waals surface area contributed by atoms with Crippen molar-refractivity contribution in [3.05, 3.63) is 20.8 Å². The molecule has 0 nitrogen and oxygen atoms in total. The van der Waals surface area contributed by atoms with Gasteiger partial charge in [0, 0.05) is 4.88 Å². The predicted molar refractivity (Wildman–Crippen MR) is 48.7 cm³/mol. The van der Waals surface area contributed by atoms with Crippen LogP contribution < -0.4 is 0 Å². The summed E-state index contributed by atoms with van der Waals surface area (Å²) in [6.07, 6.45) is -4.41. The first-order chi connectivity index (χ1) is 5.82. The first kappa shape index (κ1) is 11.1. The number of hydrogen-bond donors (Lipinski definition) is 0. The van der Waals surface area contributed by atoms with Crippen molar-refractivity contribution in [3.63, 3.8) is 0 Å². The molecule has 0 aromatic carbocycles. The van der Waals surface area contributed by atoms with E-state index in [0.29, 0.717) is 9.90 Å². The second-order valence-corrected chi connectivity index (χ2v) is 4.63. The van der Waals surface area contributed by atoms with Gasteiger partial charge >= 0.3 is 6.18 Å². The van der Waals surface area contributed by atoms with Gasteiger partial charge in [-0.25, -0.2) is 0 Å². The van der Waals surface area contributed by atoms with Crippen LogP contribution in [-0.4, -0.2) is 6.18 Å². The van der Waals surface area contributed by atoms with Crippen molar-refractivity contribution in [1.29, 1.82) is 0 Å². The fourth-order valence-electron chi connectivity index (χ4n) is 0.770. The SMILES string of the molecule is Cc1cc(C(Cl)C(F)(F)F)sc1Cl. The van der Waals surface area contributed by atoms with Gasteiger partial charge in [-0.1, -0.05) is 11.6 Å². The number of hydrogen-bond acceptors (Lipinski definition) is 1. The molecule has 0 saturated heterocycles. The lowest BCUT2D eigenvalue weighted by Gasteiger charge is -2.10. The van der Waals surface area contributed by atoms with Gasteiger partial charge in [0.25, 0.3) is 0 Å². The zero-order chi connectivity index (χ0) is 10.2. The van der Waals surface area contributed by atoms with Crippen LogP contribution >= 0.6 is 34.5 Å². The van der Waals surface area contributed by atoms with Gasteiger partial charge in [-0.15, -0.1) is 22.9 Å². The lowest BCUT2D eigenvalue weighted by molar-refractivity contribution is -0.131. The molecule has 0 bridgehead atoms.